The van der Waals surface area contributed by atoms with Crippen molar-refractivity contribution in [1.82, 2.24) is 10.6 Å². The van der Waals surface area contributed by atoms with Gasteiger partial charge in [-0.25, -0.2) is 4.79 Å². The molecule has 0 saturated carbocycles. The van der Waals surface area contributed by atoms with Crippen LogP contribution in [0.15, 0.2) is 0 Å². The predicted octanol–water partition coefficient (Wildman–Crippen LogP) is 1.65. The van der Waals surface area contributed by atoms with Gasteiger partial charge in [-0.05, 0) is 33.2 Å². The molecule has 0 rings (SSSR count). The summed E-state index contributed by atoms with van der Waals surface area (Å²) >= 11 is 0. The molecule has 0 aliphatic carbocycles. The fraction of sp³-hybridized carbons (Fsp3) is 0.833. The van der Waals surface area contributed by atoms with Crippen LogP contribution in [0.5, 0.6) is 0 Å². The molecule has 5 nitrogen and oxygen atoms in total. The molecule has 1 unspecified atom stereocenters. The third kappa shape index (κ3) is 9.64. The highest BCUT2D eigenvalue weighted by molar-refractivity contribution is 5.67. The first-order chi connectivity index (χ1) is 7.74. The van der Waals surface area contributed by atoms with E-state index in [2.05, 4.69) is 30.6 Å². The van der Waals surface area contributed by atoms with Crippen LogP contribution in [0.25, 0.3) is 0 Å². The molecule has 0 radical (unpaired) electrons. The molecule has 0 aromatic heterocycles. The molecule has 98 valence electrons. The van der Waals surface area contributed by atoms with Crippen molar-refractivity contribution >= 4 is 6.09 Å². The van der Waals surface area contributed by atoms with E-state index in [1.165, 1.54) is 0 Å². The maximum atomic E-state index is 11.3. The van der Waals surface area contributed by atoms with Gasteiger partial charge in [0, 0.05) is 6.54 Å². The van der Waals surface area contributed by atoms with Gasteiger partial charge in [0.15, 0.2) is 0 Å². The molecule has 0 aliphatic heterocycles. The van der Waals surface area contributed by atoms with Gasteiger partial charge in [0.25, 0.3) is 0 Å². The Morgan fingerprint density at radius 3 is 2.35 bits per heavy atom. The van der Waals surface area contributed by atoms with Crippen LogP contribution in [0.2, 0.25) is 0 Å². The van der Waals surface area contributed by atoms with Gasteiger partial charge >= 0.3 is 6.09 Å². The molecule has 0 heterocycles. The Balaban J connectivity index is 3.91. The molecule has 0 aliphatic rings. The van der Waals surface area contributed by atoms with Crippen LogP contribution in [0, 0.1) is 17.2 Å². The first-order valence-corrected chi connectivity index (χ1v) is 5.84. The number of nitrogens with zero attached hydrogens (tertiary/aromatic N) is 1. The molecule has 0 saturated heterocycles. The lowest BCUT2D eigenvalue weighted by Gasteiger charge is -2.20. The van der Waals surface area contributed by atoms with Gasteiger partial charge in [0.2, 0.25) is 0 Å². The monoisotopic (exact) mass is 241 g/mol. The number of ether oxygens (including phenoxy) is 1. The molecule has 5 heteroatoms. The second kappa shape index (κ2) is 7.13. The molecule has 17 heavy (non-hydrogen) atoms. The Hall–Kier alpha value is -1.28. The summed E-state index contributed by atoms with van der Waals surface area (Å²) in [5, 5.41) is 14.5. The topological polar surface area (TPSA) is 74.2 Å². The Bertz CT molecular complexity index is 276. The number of carbonyl (C=O) groups is 1. The van der Waals surface area contributed by atoms with Crippen molar-refractivity contribution in [1.29, 1.82) is 5.26 Å². The average molecular weight is 241 g/mol. The molecule has 0 spiro atoms. The highest BCUT2D eigenvalue weighted by Crippen LogP contribution is 2.06. The lowest BCUT2D eigenvalue weighted by atomic mass is 10.2. The van der Waals surface area contributed by atoms with Gasteiger partial charge in [0.05, 0.1) is 6.07 Å². The normalized spacial score (nSPS) is 13.0. The third-order valence-corrected chi connectivity index (χ3v) is 1.78. The summed E-state index contributed by atoms with van der Waals surface area (Å²) in [5.41, 5.74) is -0.516. The van der Waals surface area contributed by atoms with Crippen molar-refractivity contribution < 1.29 is 9.53 Å². The number of alkyl carbamates (subject to hydrolysis) is 1. The SMILES string of the molecule is CC(C)CNC(C#N)CNC(=O)OC(C)(C)C. The van der Waals surface area contributed by atoms with E-state index in [-0.39, 0.29) is 12.6 Å². The molecule has 0 aromatic carbocycles. The van der Waals surface area contributed by atoms with Gasteiger partial charge < -0.3 is 15.4 Å². The minimum Gasteiger partial charge on any atom is -0.444 e. The van der Waals surface area contributed by atoms with E-state index in [0.717, 1.165) is 6.54 Å². The number of nitriles is 1. The van der Waals surface area contributed by atoms with Gasteiger partial charge in [-0.1, -0.05) is 13.8 Å². The summed E-state index contributed by atoms with van der Waals surface area (Å²) in [7, 11) is 0. The number of hydrogen-bond acceptors (Lipinski definition) is 4. The third-order valence-electron chi connectivity index (χ3n) is 1.78. The van der Waals surface area contributed by atoms with Crippen molar-refractivity contribution in [2.75, 3.05) is 13.1 Å². The van der Waals surface area contributed by atoms with E-state index in [9.17, 15) is 4.79 Å². The molecule has 0 aromatic rings. The molecule has 0 fully saturated rings. The fourth-order valence-electron chi connectivity index (χ4n) is 1.04. The molecule has 2 N–H and O–H groups in total. The van der Waals surface area contributed by atoms with E-state index in [4.69, 9.17) is 10.00 Å². The number of hydrogen-bond donors (Lipinski definition) is 2. The minimum absolute atomic E-state index is 0.248. The standard InChI is InChI=1S/C12H23N3O2/c1-9(2)7-14-10(6-13)8-15-11(16)17-12(3,4)5/h9-10,14H,7-8H2,1-5H3,(H,15,16). The van der Waals surface area contributed by atoms with Crippen LogP contribution >= 0.6 is 0 Å². The molecule has 1 atom stereocenters. The summed E-state index contributed by atoms with van der Waals surface area (Å²) in [6.07, 6.45) is -0.496. The zero-order valence-electron chi connectivity index (χ0n) is 11.3. The van der Waals surface area contributed by atoms with Crippen LogP contribution in [0.4, 0.5) is 4.79 Å². The van der Waals surface area contributed by atoms with Gasteiger partial charge in [-0.3, -0.25) is 0 Å². The van der Waals surface area contributed by atoms with Crippen molar-refractivity contribution in [2.24, 2.45) is 5.92 Å². The highest BCUT2D eigenvalue weighted by Gasteiger charge is 2.17. The molecule has 1 amide bonds. The second-order valence-electron chi connectivity index (χ2n) is 5.37. The first-order valence-electron chi connectivity index (χ1n) is 5.84. The maximum Gasteiger partial charge on any atom is 0.407 e. The maximum absolute atomic E-state index is 11.3. The van der Waals surface area contributed by atoms with E-state index < -0.39 is 11.7 Å². The fourth-order valence-corrected chi connectivity index (χ4v) is 1.04. The second-order valence-corrected chi connectivity index (χ2v) is 5.37. The predicted molar refractivity (Wildman–Crippen MR) is 66.5 cm³/mol. The van der Waals surface area contributed by atoms with E-state index in [1.54, 1.807) is 20.8 Å². The Morgan fingerprint density at radius 1 is 1.35 bits per heavy atom. The Labute approximate surface area is 104 Å². The number of amides is 1. The van der Waals surface area contributed by atoms with Gasteiger partial charge in [0.1, 0.15) is 11.6 Å². The molecule has 0 bridgehead atoms. The lowest BCUT2D eigenvalue weighted by molar-refractivity contribution is 0.0525. The van der Waals surface area contributed by atoms with E-state index >= 15 is 0 Å². The quantitative estimate of drug-likeness (QED) is 0.767. The lowest BCUT2D eigenvalue weighted by Crippen LogP contribution is -2.43. The summed E-state index contributed by atoms with van der Waals surface area (Å²) in [5.74, 6) is 0.465. The largest absolute Gasteiger partial charge is 0.444 e. The van der Waals surface area contributed by atoms with Crippen LogP contribution in [-0.4, -0.2) is 30.8 Å². The summed E-state index contributed by atoms with van der Waals surface area (Å²) < 4.78 is 5.07. The molecular weight excluding hydrogens is 218 g/mol. The van der Waals surface area contributed by atoms with Crippen molar-refractivity contribution in [3.05, 3.63) is 0 Å². The highest BCUT2D eigenvalue weighted by atomic mass is 16.6. The number of carbonyl (C=O) groups excluding carboxylic acids is 1. The summed E-state index contributed by atoms with van der Waals surface area (Å²) in [6.45, 7) is 10.5. The smallest absolute Gasteiger partial charge is 0.407 e. The van der Waals surface area contributed by atoms with Crippen molar-refractivity contribution in [2.45, 2.75) is 46.3 Å². The van der Waals surface area contributed by atoms with Crippen LogP contribution in [0.3, 0.4) is 0 Å². The summed E-state index contributed by atoms with van der Waals surface area (Å²) in [6, 6.07) is 1.71. The van der Waals surface area contributed by atoms with Crippen LogP contribution in [0.1, 0.15) is 34.6 Å². The zero-order valence-corrected chi connectivity index (χ0v) is 11.3. The summed E-state index contributed by atoms with van der Waals surface area (Å²) in [4.78, 5) is 11.3. The van der Waals surface area contributed by atoms with Gasteiger partial charge in [-0.15, -0.1) is 0 Å². The Kier molecular flexibility index (Phi) is 6.59. The first kappa shape index (κ1) is 15.7. The van der Waals surface area contributed by atoms with E-state index in [1.807, 2.05) is 0 Å². The zero-order chi connectivity index (χ0) is 13.5. The van der Waals surface area contributed by atoms with Crippen LogP contribution < -0.4 is 10.6 Å². The Morgan fingerprint density at radius 2 is 1.94 bits per heavy atom. The van der Waals surface area contributed by atoms with Gasteiger partial charge in [-0.2, -0.15) is 5.26 Å². The number of nitrogens with one attached hydrogen (secondary N) is 2. The molecular formula is C12H23N3O2. The minimum atomic E-state index is -0.516. The average Bonchev–Trinajstić information content (AvgIpc) is 2.14. The van der Waals surface area contributed by atoms with Crippen molar-refractivity contribution in [3.8, 4) is 6.07 Å². The van der Waals surface area contributed by atoms with Crippen LogP contribution in [-0.2, 0) is 4.74 Å². The van der Waals surface area contributed by atoms with Crippen molar-refractivity contribution in [3.63, 3.8) is 0 Å². The van der Waals surface area contributed by atoms with E-state index in [0.29, 0.717) is 5.92 Å². The number of rotatable bonds is 5.